The van der Waals surface area contributed by atoms with Gasteiger partial charge in [-0.05, 0) is 74.6 Å². The van der Waals surface area contributed by atoms with Gasteiger partial charge in [-0.15, -0.1) is 0 Å². The highest BCUT2D eigenvalue weighted by molar-refractivity contribution is 6.39. The second-order valence-corrected chi connectivity index (χ2v) is 7.54. The summed E-state index contributed by atoms with van der Waals surface area (Å²) in [5.74, 6) is -1.38. The predicted molar refractivity (Wildman–Crippen MR) is 112 cm³/mol. The number of rotatable bonds is 5. The molecule has 0 heterocycles. The molecule has 0 saturated heterocycles. The van der Waals surface area contributed by atoms with Crippen LogP contribution in [0.3, 0.4) is 0 Å². The number of primary amides is 1. The van der Waals surface area contributed by atoms with Crippen molar-refractivity contribution in [3.8, 4) is 17.2 Å². The van der Waals surface area contributed by atoms with Gasteiger partial charge in [0.2, 0.25) is 0 Å². The Morgan fingerprint density at radius 2 is 1.77 bits per heavy atom. The van der Waals surface area contributed by atoms with Gasteiger partial charge in [0.1, 0.15) is 17.2 Å². The lowest BCUT2D eigenvalue weighted by Gasteiger charge is -2.34. The summed E-state index contributed by atoms with van der Waals surface area (Å²) in [6.45, 7) is 3.58. The molecule has 0 atom stereocenters. The minimum atomic E-state index is -1.07. The zero-order valence-corrected chi connectivity index (χ0v) is 17.2. The molecule has 1 saturated carbocycles. The average molecular weight is 411 g/mol. The van der Waals surface area contributed by atoms with E-state index in [0.717, 1.165) is 19.3 Å². The van der Waals surface area contributed by atoms with Gasteiger partial charge < -0.3 is 25.8 Å². The van der Waals surface area contributed by atoms with E-state index in [-0.39, 0.29) is 23.3 Å². The first-order chi connectivity index (χ1) is 14.2. The highest BCUT2D eigenvalue weighted by Gasteiger charge is 2.28. The number of hydrogen-bond donors (Lipinski definition) is 3. The second-order valence-electron chi connectivity index (χ2n) is 7.54. The number of anilines is 1. The Bertz CT molecular complexity index is 991. The van der Waals surface area contributed by atoms with E-state index >= 15 is 0 Å². The number of aryl methyl sites for hydroxylation is 2. The van der Waals surface area contributed by atoms with Gasteiger partial charge in [0.15, 0.2) is 0 Å². The summed E-state index contributed by atoms with van der Waals surface area (Å²) in [6.07, 6.45) is 3.04. The lowest BCUT2D eigenvalue weighted by molar-refractivity contribution is -0.134. The van der Waals surface area contributed by atoms with Crippen LogP contribution in [-0.2, 0) is 9.59 Å². The smallest absolute Gasteiger partial charge is 0.313 e. The Balaban J connectivity index is 1.83. The maximum Gasteiger partial charge on any atom is 0.313 e. The van der Waals surface area contributed by atoms with Crippen molar-refractivity contribution in [2.24, 2.45) is 5.73 Å². The fraction of sp³-hybridized carbons (Fsp3) is 0.318. The van der Waals surface area contributed by atoms with E-state index in [0.29, 0.717) is 28.3 Å². The van der Waals surface area contributed by atoms with Crippen molar-refractivity contribution in [2.75, 3.05) is 12.4 Å². The summed E-state index contributed by atoms with van der Waals surface area (Å²) in [7, 11) is 1.74. The highest BCUT2D eigenvalue weighted by atomic mass is 16.5. The van der Waals surface area contributed by atoms with Crippen molar-refractivity contribution < 1.29 is 24.2 Å². The third kappa shape index (κ3) is 4.37. The Morgan fingerprint density at radius 1 is 1.13 bits per heavy atom. The summed E-state index contributed by atoms with van der Waals surface area (Å²) < 4.78 is 5.99. The molecule has 8 nitrogen and oxygen atoms in total. The van der Waals surface area contributed by atoms with Crippen molar-refractivity contribution in [1.82, 2.24) is 4.90 Å². The van der Waals surface area contributed by atoms with Gasteiger partial charge in [0, 0.05) is 18.8 Å². The van der Waals surface area contributed by atoms with Gasteiger partial charge in [0.25, 0.3) is 5.91 Å². The monoisotopic (exact) mass is 411 g/mol. The number of nitrogens with one attached hydrogen (secondary N) is 1. The fourth-order valence-corrected chi connectivity index (χ4v) is 3.37. The van der Waals surface area contributed by atoms with E-state index < -0.39 is 11.8 Å². The number of ether oxygens (including phenoxy) is 1. The van der Waals surface area contributed by atoms with Crippen LogP contribution in [0.5, 0.6) is 17.2 Å². The molecule has 3 amide bonds. The van der Waals surface area contributed by atoms with E-state index in [4.69, 9.17) is 10.5 Å². The molecule has 4 N–H and O–H groups in total. The second kappa shape index (κ2) is 8.44. The van der Waals surface area contributed by atoms with Crippen LogP contribution in [-0.4, -0.2) is 40.8 Å². The molecule has 1 aliphatic carbocycles. The SMILES string of the molecule is Cc1cc(NC(=O)C(N)=O)cc(C)c1Oc1ccc(O)c(C(=O)N(C)C2CCC2)c1. The quantitative estimate of drug-likeness (QED) is 0.653. The molecule has 158 valence electrons. The molecule has 0 aliphatic heterocycles. The number of hydrogen-bond acceptors (Lipinski definition) is 5. The molecule has 1 fully saturated rings. The van der Waals surface area contributed by atoms with E-state index in [2.05, 4.69) is 5.32 Å². The van der Waals surface area contributed by atoms with Gasteiger partial charge in [-0.1, -0.05) is 0 Å². The van der Waals surface area contributed by atoms with Crippen molar-refractivity contribution in [1.29, 1.82) is 0 Å². The van der Waals surface area contributed by atoms with E-state index in [9.17, 15) is 19.5 Å². The zero-order valence-electron chi connectivity index (χ0n) is 17.2. The summed E-state index contributed by atoms with van der Waals surface area (Å²) >= 11 is 0. The lowest BCUT2D eigenvalue weighted by Crippen LogP contribution is -2.41. The number of nitrogens with zero attached hydrogens (tertiary/aromatic N) is 1. The fourth-order valence-electron chi connectivity index (χ4n) is 3.37. The first kappa shape index (κ1) is 21.2. The van der Waals surface area contributed by atoms with Gasteiger partial charge in [-0.3, -0.25) is 14.4 Å². The molecule has 1 aliphatic rings. The molecular formula is C22H25N3O5. The van der Waals surface area contributed by atoms with Crippen molar-refractivity contribution in [3.63, 3.8) is 0 Å². The van der Waals surface area contributed by atoms with Gasteiger partial charge in [0.05, 0.1) is 5.56 Å². The summed E-state index contributed by atoms with van der Waals surface area (Å²) in [6, 6.07) is 8.05. The third-order valence-corrected chi connectivity index (χ3v) is 5.30. The lowest BCUT2D eigenvalue weighted by atomic mass is 9.91. The Morgan fingerprint density at radius 3 is 2.30 bits per heavy atom. The number of carbonyl (C=O) groups excluding carboxylic acids is 3. The van der Waals surface area contributed by atoms with Gasteiger partial charge >= 0.3 is 11.8 Å². The topological polar surface area (TPSA) is 122 Å². The van der Waals surface area contributed by atoms with Crippen LogP contribution in [0.15, 0.2) is 30.3 Å². The van der Waals surface area contributed by atoms with E-state index in [1.54, 1.807) is 44.0 Å². The van der Waals surface area contributed by atoms with Gasteiger partial charge in [-0.2, -0.15) is 0 Å². The van der Waals surface area contributed by atoms with Crippen molar-refractivity contribution in [3.05, 3.63) is 47.0 Å². The van der Waals surface area contributed by atoms with E-state index in [1.807, 2.05) is 0 Å². The summed E-state index contributed by atoms with van der Waals surface area (Å²) in [5, 5.41) is 12.6. The number of phenolic OH excluding ortho intramolecular Hbond substituents is 1. The predicted octanol–water partition coefficient (Wildman–Crippen LogP) is 2.85. The van der Waals surface area contributed by atoms with Crippen LogP contribution < -0.4 is 15.8 Å². The zero-order chi connectivity index (χ0) is 22.0. The standard InChI is InChI=1S/C22H25N3O5/c1-12-9-14(24-21(28)20(23)27)10-13(2)19(12)30-16-7-8-18(26)17(11-16)22(29)25(3)15-5-4-6-15/h7-11,15,26H,4-6H2,1-3H3,(H2,23,27)(H,24,28). The van der Waals surface area contributed by atoms with Crippen LogP contribution in [0.2, 0.25) is 0 Å². The molecule has 3 rings (SSSR count). The maximum absolute atomic E-state index is 12.8. The number of carbonyl (C=O) groups is 3. The molecule has 30 heavy (non-hydrogen) atoms. The minimum Gasteiger partial charge on any atom is -0.507 e. The first-order valence-electron chi connectivity index (χ1n) is 9.67. The molecule has 8 heteroatoms. The normalized spacial score (nSPS) is 13.3. The number of phenols is 1. The largest absolute Gasteiger partial charge is 0.507 e. The summed E-state index contributed by atoms with van der Waals surface area (Å²) in [5.41, 5.74) is 6.99. The molecule has 0 aromatic heterocycles. The number of benzene rings is 2. The molecular weight excluding hydrogens is 386 g/mol. The molecule has 0 bridgehead atoms. The van der Waals surface area contributed by atoms with Gasteiger partial charge in [-0.25, -0.2) is 0 Å². The maximum atomic E-state index is 12.8. The van der Waals surface area contributed by atoms with Crippen molar-refractivity contribution in [2.45, 2.75) is 39.2 Å². The molecule has 0 radical (unpaired) electrons. The number of amides is 3. The number of aromatic hydroxyl groups is 1. The average Bonchev–Trinajstić information content (AvgIpc) is 2.63. The van der Waals surface area contributed by atoms with Crippen LogP contribution in [0.4, 0.5) is 5.69 Å². The summed E-state index contributed by atoms with van der Waals surface area (Å²) in [4.78, 5) is 36.9. The van der Waals surface area contributed by atoms with Crippen LogP contribution in [0.1, 0.15) is 40.7 Å². The Hall–Kier alpha value is -3.55. The molecule has 0 unspecified atom stereocenters. The number of nitrogens with two attached hydrogens (primary N) is 1. The molecule has 2 aromatic carbocycles. The van der Waals surface area contributed by atoms with Crippen molar-refractivity contribution >= 4 is 23.4 Å². The Kier molecular flexibility index (Phi) is 5.96. The van der Waals surface area contributed by atoms with Crippen LogP contribution in [0, 0.1) is 13.8 Å². The molecule has 0 spiro atoms. The van der Waals surface area contributed by atoms with E-state index in [1.165, 1.54) is 12.1 Å². The molecule has 2 aromatic rings. The highest BCUT2D eigenvalue weighted by Crippen LogP contribution is 2.34. The third-order valence-electron chi connectivity index (χ3n) is 5.30. The van der Waals surface area contributed by atoms with Crippen LogP contribution >= 0.6 is 0 Å². The minimum absolute atomic E-state index is 0.100. The van der Waals surface area contributed by atoms with Crippen LogP contribution in [0.25, 0.3) is 0 Å². The first-order valence-corrected chi connectivity index (χ1v) is 9.67. The Labute approximate surface area is 174 Å².